The van der Waals surface area contributed by atoms with Crippen molar-refractivity contribution < 1.29 is 14.7 Å². The first-order valence-corrected chi connectivity index (χ1v) is 10.7. The van der Waals surface area contributed by atoms with Crippen LogP contribution in [0.5, 0.6) is 0 Å². The number of rotatable bonds is 3. The quantitative estimate of drug-likeness (QED) is 0.342. The molecule has 1 aliphatic heterocycles. The van der Waals surface area contributed by atoms with Crippen molar-refractivity contribution in [2.45, 2.75) is 33.7 Å². The lowest BCUT2D eigenvalue weighted by atomic mass is 9.96. The summed E-state index contributed by atoms with van der Waals surface area (Å²) in [6.45, 7) is 7.87. The SMILES string of the molecule is Cc1ccc(N2C(=O)C(=O)/C(=C(\O)c3ccc(C)c(C)c3)C2c2sccc2C)cc1. The number of benzene rings is 2. The number of aliphatic hydroxyl groups is 1. The van der Waals surface area contributed by atoms with Crippen molar-refractivity contribution >= 4 is 34.5 Å². The van der Waals surface area contributed by atoms with Crippen molar-refractivity contribution in [3.63, 3.8) is 0 Å². The van der Waals surface area contributed by atoms with E-state index < -0.39 is 17.7 Å². The summed E-state index contributed by atoms with van der Waals surface area (Å²) < 4.78 is 0. The Morgan fingerprint density at radius 1 is 0.900 bits per heavy atom. The van der Waals surface area contributed by atoms with E-state index in [1.165, 1.54) is 16.2 Å². The van der Waals surface area contributed by atoms with Gasteiger partial charge in [-0.3, -0.25) is 14.5 Å². The van der Waals surface area contributed by atoms with Crippen LogP contribution in [0.4, 0.5) is 5.69 Å². The molecule has 0 bridgehead atoms. The lowest BCUT2D eigenvalue weighted by Crippen LogP contribution is -2.29. The van der Waals surface area contributed by atoms with E-state index in [4.69, 9.17) is 0 Å². The third kappa shape index (κ3) is 3.25. The highest BCUT2D eigenvalue weighted by Crippen LogP contribution is 2.44. The highest BCUT2D eigenvalue weighted by molar-refractivity contribution is 7.10. The largest absolute Gasteiger partial charge is 0.507 e. The van der Waals surface area contributed by atoms with Gasteiger partial charge in [0.25, 0.3) is 11.7 Å². The van der Waals surface area contributed by atoms with Gasteiger partial charge in [-0.15, -0.1) is 11.3 Å². The molecule has 1 aliphatic rings. The summed E-state index contributed by atoms with van der Waals surface area (Å²) in [5, 5.41) is 13.1. The maximum absolute atomic E-state index is 13.1. The van der Waals surface area contributed by atoms with Gasteiger partial charge < -0.3 is 5.11 Å². The first-order chi connectivity index (χ1) is 14.3. The monoisotopic (exact) mass is 417 g/mol. The molecule has 30 heavy (non-hydrogen) atoms. The van der Waals surface area contributed by atoms with Crippen LogP contribution in [0.2, 0.25) is 0 Å². The fourth-order valence-electron chi connectivity index (χ4n) is 3.76. The average molecular weight is 418 g/mol. The van der Waals surface area contributed by atoms with Gasteiger partial charge in [0.1, 0.15) is 11.8 Å². The van der Waals surface area contributed by atoms with Gasteiger partial charge in [-0.05, 0) is 74.0 Å². The summed E-state index contributed by atoms with van der Waals surface area (Å²) in [4.78, 5) is 28.6. The zero-order valence-electron chi connectivity index (χ0n) is 17.4. The third-order valence-electron chi connectivity index (χ3n) is 5.69. The molecule has 0 spiro atoms. The molecule has 1 unspecified atom stereocenters. The molecule has 152 valence electrons. The minimum Gasteiger partial charge on any atom is -0.507 e. The minimum absolute atomic E-state index is 0.134. The standard InChI is InChI=1S/C25H23NO3S/c1-14-5-9-19(10-6-14)26-21(24-16(3)11-12-30-24)20(23(28)25(26)29)22(27)18-8-7-15(2)17(4)13-18/h5-13,21,27H,1-4H3/b22-20-. The number of amides is 1. The Balaban J connectivity index is 1.95. The predicted molar refractivity (Wildman–Crippen MR) is 121 cm³/mol. The fraction of sp³-hybridized carbons (Fsp3) is 0.200. The summed E-state index contributed by atoms with van der Waals surface area (Å²) >= 11 is 1.48. The smallest absolute Gasteiger partial charge is 0.300 e. The van der Waals surface area contributed by atoms with E-state index in [2.05, 4.69) is 0 Å². The summed E-state index contributed by atoms with van der Waals surface area (Å²) in [5.74, 6) is -1.42. The molecule has 5 heteroatoms. The van der Waals surface area contributed by atoms with Crippen LogP contribution in [0.25, 0.3) is 5.76 Å². The maximum atomic E-state index is 13.1. The van der Waals surface area contributed by atoms with E-state index in [0.717, 1.165) is 27.1 Å². The summed E-state index contributed by atoms with van der Waals surface area (Å²) in [7, 11) is 0. The molecular weight excluding hydrogens is 394 g/mol. The Morgan fingerprint density at radius 3 is 2.20 bits per heavy atom. The van der Waals surface area contributed by atoms with Crippen LogP contribution in [0.1, 0.15) is 38.7 Å². The number of nitrogens with zero attached hydrogens (tertiary/aromatic N) is 1. The normalized spacial score (nSPS) is 18.3. The molecule has 1 N–H and O–H groups in total. The molecule has 2 heterocycles. The Morgan fingerprint density at radius 2 is 1.60 bits per heavy atom. The predicted octanol–water partition coefficient (Wildman–Crippen LogP) is 5.61. The van der Waals surface area contributed by atoms with Crippen LogP contribution in [-0.2, 0) is 9.59 Å². The van der Waals surface area contributed by atoms with Crippen LogP contribution < -0.4 is 4.90 Å². The first kappa shape index (κ1) is 20.1. The van der Waals surface area contributed by atoms with Gasteiger partial charge in [-0.1, -0.05) is 29.8 Å². The molecule has 2 aromatic carbocycles. The van der Waals surface area contributed by atoms with Gasteiger partial charge in [0.05, 0.1) is 5.57 Å². The van der Waals surface area contributed by atoms with Gasteiger partial charge in [0.15, 0.2) is 0 Å². The lowest BCUT2D eigenvalue weighted by molar-refractivity contribution is -0.132. The second kappa shape index (κ2) is 7.58. The summed E-state index contributed by atoms with van der Waals surface area (Å²) in [6.07, 6.45) is 0. The van der Waals surface area contributed by atoms with Crippen molar-refractivity contribution in [1.82, 2.24) is 0 Å². The van der Waals surface area contributed by atoms with Crippen molar-refractivity contribution in [3.8, 4) is 0 Å². The minimum atomic E-state index is -0.663. The number of hydrogen-bond acceptors (Lipinski definition) is 4. The van der Waals surface area contributed by atoms with Crippen molar-refractivity contribution in [3.05, 3.63) is 92.2 Å². The number of carbonyl (C=O) groups excluding carboxylic acids is 2. The van der Waals surface area contributed by atoms with Crippen molar-refractivity contribution in [1.29, 1.82) is 0 Å². The van der Waals surface area contributed by atoms with Crippen LogP contribution in [0.3, 0.4) is 0 Å². The molecule has 4 nitrogen and oxygen atoms in total. The van der Waals surface area contributed by atoms with Crippen LogP contribution in [0.15, 0.2) is 59.5 Å². The van der Waals surface area contributed by atoms with Gasteiger partial charge in [-0.25, -0.2) is 0 Å². The molecule has 1 amide bonds. The number of thiophene rings is 1. The first-order valence-electron chi connectivity index (χ1n) is 9.79. The van der Waals surface area contributed by atoms with Crippen LogP contribution >= 0.6 is 11.3 Å². The number of Topliss-reactive ketones (excluding diaryl/α,β-unsaturated/α-hetero) is 1. The average Bonchev–Trinajstić information content (AvgIpc) is 3.25. The zero-order valence-corrected chi connectivity index (χ0v) is 18.2. The molecule has 4 rings (SSSR count). The van der Waals surface area contributed by atoms with Gasteiger partial charge in [-0.2, -0.15) is 0 Å². The highest BCUT2D eigenvalue weighted by Gasteiger charge is 2.47. The topological polar surface area (TPSA) is 57.6 Å². The number of ketones is 1. The number of aliphatic hydroxyl groups excluding tert-OH is 1. The molecule has 1 atom stereocenters. The molecular formula is C25H23NO3S. The second-order valence-corrected chi connectivity index (χ2v) is 8.72. The molecule has 1 saturated heterocycles. The summed E-state index contributed by atoms with van der Waals surface area (Å²) in [6, 6.07) is 14.4. The Bertz CT molecular complexity index is 1190. The van der Waals surface area contributed by atoms with Gasteiger partial charge in [0, 0.05) is 16.1 Å². The number of aryl methyl sites for hydroxylation is 4. The molecule has 0 radical (unpaired) electrons. The van der Waals surface area contributed by atoms with Crippen LogP contribution in [0, 0.1) is 27.7 Å². The van der Waals surface area contributed by atoms with E-state index in [1.54, 1.807) is 6.07 Å². The van der Waals surface area contributed by atoms with Crippen LogP contribution in [-0.4, -0.2) is 16.8 Å². The number of carbonyl (C=O) groups is 2. The molecule has 0 aliphatic carbocycles. The highest BCUT2D eigenvalue weighted by atomic mass is 32.1. The van der Waals surface area contributed by atoms with Crippen molar-refractivity contribution in [2.24, 2.45) is 0 Å². The van der Waals surface area contributed by atoms with E-state index in [1.807, 2.05) is 75.5 Å². The van der Waals surface area contributed by atoms with E-state index in [9.17, 15) is 14.7 Å². The van der Waals surface area contributed by atoms with Crippen molar-refractivity contribution in [2.75, 3.05) is 4.90 Å². The fourth-order valence-corrected chi connectivity index (χ4v) is 4.79. The number of anilines is 1. The Labute approximate surface area is 180 Å². The number of hydrogen-bond donors (Lipinski definition) is 1. The van der Waals surface area contributed by atoms with E-state index in [-0.39, 0.29) is 11.3 Å². The van der Waals surface area contributed by atoms with E-state index >= 15 is 0 Å². The molecule has 0 saturated carbocycles. The third-order valence-corrected chi connectivity index (χ3v) is 6.76. The Kier molecular flexibility index (Phi) is 5.08. The molecule has 3 aromatic rings. The maximum Gasteiger partial charge on any atom is 0.300 e. The summed E-state index contributed by atoms with van der Waals surface area (Å²) in [5.41, 5.74) is 5.46. The zero-order chi connectivity index (χ0) is 21.6. The Hall–Kier alpha value is -3.18. The molecule has 1 fully saturated rings. The second-order valence-electron chi connectivity index (χ2n) is 7.77. The van der Waals surface area contributed by atoms with Gasteiger partial charge >= 0.3 is 0 Å². The van der Waals surface area contributed by atoms with E-state index in [0.29, 0.717) is 11.3 Å². The lowest BCUT2D eigenvalue weighted by Gasteiger charge is -2.25. The molecule has 1 aromatic heterocycles. The van der Waals surface area contributed by atoms with Gasteiger partial charge in [0.2, 0.25) is 0 Å².